The van der Waals surface area contributed by atoms with E-state index in [1.165, 1.54) is 12.1 Å². The van der Waals surface area contributed by atoms with E-state index in [0.717, 1.165) is 16.5 Å². The number of aromatic nitrogens is 4. The summed E-state index contributed by atoms with van der Waals surface area (Å²) < 4.78 is 52.3. The molecule has 0 amide bonds. The second-order valence-electron chi connectivity index (χ2n) is 7.01. The van der Waals surface area contributed by atoms with Gasteiger partial charge in [0.05, 0.1) is 31.0 Å². The van der Waals surface area contributed by atoms with Crippen LogP contribution in [0.3, 0.4) is 0 Å². The average molecular weight is 519 g/mol. The third-order valence-electron chi connectivity index (χ3n) is 4.41. The largest absolute Gasteiger partial charge is 0.469 e. The highest BCUT2D eigenvalue weighted by Gasteiger charge is 2.27. The third kappa shape index (κ3) is 6.46. The van der Waals surface area contributed by atoms with Crippen molar-refractivity contribution < 1.29 is 41.3 Å². The highest BCUT2D eigenvalue weighted by Crippen LogP contribution is 2.36. The number of aliphatic hydroxyl groups excluding tert-OH is 1. The van der Waals surface area contributed by atoms with Gasteiger partial charge in [0.15, 0.2) is 17.4 Å². The zero-order valence-electron chi connectivity index (χ0n) is 17.6. The topological polar surface area (TPSA) is 229 Å². The lowest BCUT2D eigenvalue weighted by Crippen LogP contribution is -2.32. The maximum absolute atomic E-state index is 12.5. The van der Waals surface area contributed by atoms with E-state index < -0.39 is 55.7 Å². The van der Waals surface area contributed by atoms with Gasteiger partial charge in [-0.15, -0.1) is 0 Å². The molecule has 3 aromatic rings. The van der Waals surface area contributed by atoms with Crippen LogP contribution in [0.1, 0.15) is 11.8 Å². The molecule has 34 heavy (non-hydrogen) atoms. The summed E-state index contributed by atoms with van der Waals surface area (Å²) in [4.78, 5) is 40.0. The predicted octanol–water partition coefficient (Wildman–Crippen LogP) is -0.599. The number of nitrogen functional groups attached to an aromatic ring is 1. The predicted molar refractivity (Wildman–Crippen MR) is 116 cm³/mol. The van der Waals surface area contributed by atoms with Crippen LogP contribution in [0.25, 0.3) is 11.2 Å². The van der Waals surface area contributed by atoms with Crippen LogP contribution in [0.2, 0.25) is 0 Å². The molecule has 2 heterocycles. The smallest absolute Gasteiger partial charge is 0.392 e. The van der Waals surface area contributed by atoms with E-state index in [0.29, 0.717) is 0 Å². The lowest BCUT2D eigenvalue weighted by atomic mass is 10.2. The number of nitrogens with two attached hydrogens (primary N) is 1. The zero-order chi connectivity index (χ0) is 25.1. The maximum atomic E-state index is 12.5. The van der Waals surface area contributed by atoms with Crippen LogP contribution in [0.5, 0.6) is 0 Å². The summed E-state index contributed by atoms with van der Waals surface area (Å²) in [6.45, 7) is -0.481. The number of rotatable bonds is 11. The SMILES string of the molecule is Cc1ccc(S(=O)(=O)OC[C@@H](COP(=O)(O)O)OC(CO)n2cnc3c(=O)[nH]c(N)nc32)cc1. The van der Waals surface area contributed by atoms with Gasteiger partial charge in [0.2, 0.25) is 5.95 Å². The molecule has 1 aromatic carbocycles. The van der Waals surface area contributed by atoms with Crippen LogP contribution in [-0.2, 0) is 28.1 Å². The van der Waals surface area contributed by atoms with Gasteiger partial charge in [0.25, 0.3) is 15.7 Å². The number of benzene rings is 1. The highest BCUT2D eigenvalue weighted by atomic mass is 32.2. The molecule has 2 aromatic heterocycles. The van der Waals surface area contributed by atoms with Crippen molar-refractivity contribution in [1.82, 2.24) is 19.5 Å². The number of fused-ring (bicyclic) bond motifs is 1. The van der Waals surface area contributed by atoms with E-state index in [4.69, 9.17) is 24.4 Å². The molecule has 6 N–H and O–H groups in total. The molecule has 186 valence electrons. The van der Waals surface area contributed by atoms with E-state index in [1.54, 1.807) is 19.1 Å². The Balaban J connectivity index is 1.84. The monoisotopic (exact) mass is 519 g/mol. The standard InChI is InChI=1S/C17H22N5O10PS/c1-10-2-4-12(5-3-10)34(28,29)31-8-11(7-30-33(25,26)27)32-13(6-23)22-9-19-14-15(22)20-17(18)21-16(14)24/h2-5,9,11,13,23H,6-8H2,1H3,(H2,25,26,27)(H3,18,20,21,24)/t11-,13?/m1/s1. The van der Waals surface area contributed by atoms with Crippen molar-refractivity contribution in [2.24, 2.45) is 0 Å². The summed E-state index contributed by atoms with van der Waals surface area (Å²) in [5.74, 6) is -0.232. The molecule has 3 rings (SSSR count). The van der Waals surface area contributed by atoms with Crippen molar-refractivity contribution in [3.05, 3.63) is 46.5 Å². The molecule has 0 spiro atoms. The van der Waals surface area contributed by atoms with Crippen LogP contribution in [0, 0.1) is 6.92 Å². The molecule has 2 atom stereocenters. The number of aromatic amines is 1. The van der Waals surface area contributed by atoms with E-state index in [-0.39, 0.29) is 22.0 Å². The summed E-state index contributed by atoms with van der Waals surface area (Å²) in [5.41, 5.74) is 5.56. The Morgan fingerprint density at radius 3 is 2.53 bits per heavy atom. The van der Waals surface area contributed by atoms with Gasteiger partial charge in [-0.05, 0) is 19.1 Å². The van der Waals surface area contributed by atoms with Crippen molar-refractivity contribution in [2.45, 2.75) is 24.2 Å². The van der Waals surface area contributed by atoms with Gasteiger partial charge in [-0.25, -0.2) is 9.55 Å². The lowest BCUT2D eigenvalue weighted by molar-refractivity contribution is -0.105. The number of hydrogen-bond acceptors (Lipinski definition) is 11. The molecule has 0 saturated heterocycles. The first-order chi connectivity index (χ1) is 15.9. The average Bonchev–Trinajstić information content (AvgIpc) is 3.17. The number of aliphatic hydroxyl groups is 1. The summed E-state index contributed by atoms with van der Waals surface area (Å²) in [6.07, 6.45) is -1.60. The molecule has 1 unspecified atom stereocenters. The molecule has 0 bridgehead atoms. The fraction of sp³-hybridized carbons (Fsp3) is 0.353. The van der Waals surface area contributed by atoms with E-state index in [1.807, 2.05) is 0 Å². The van der Waals surface area contributed by atoms with Gasteiger partial charge in [-0.1, -0.05) is 17.7 Å². The Kier molecular flexibility index (Phi) is 7.84. The molecule has 0 saturated carbocycles. The Hall–Kier alpha value is -2.69. The number of anilines is 1. The Labute approximate surface area is 192 Å². The minimum atomic E-state index is -4.95. The number of H-pyrrole nitrogens is 1. The normalized spacial score (nSPS) is 14.4. The van der Waals surface area contributed by atoms with E-state index >= 15 is 0 Å². The summed E-state index contributed by atoms with van der Waals surface area (Å²) in [6, 6.07) is 5.78. The van der Waals surface area contributed by atoms with Gasteiger partial charge in [0.1, 0.15) is 6.10 Å². The molecule has 0 aliphatic rings. The maximum Gasteiger partial charge on any atom is 0.469 e. The first kappa shape index (κ1) is 25.9. The van der Waals surface area contributed by atoms with Crippen molar-refractivity contribution in [1.29, 1.82) is 0 Å². The molecular weight excluding hydrogens is 497 g/mol. The van der Waals surface area contributed by atoms with Crippen LogP contribution in [0.4, 0.5) is 5.95 Å². The number of aryl methyl sites for hydroxylation is 1. The van der Waals surface area contributed by atoms with Gasteiger partial charge >= 0.3 is 7.82 Å². The Morgan fingerprint density at radius 1 is 1.24 bits per heavy atom. The number of imidazole rings is 1. The second kappa shape index (κ2) is 10.3. The summed E-state index contributed by atoms with van der Waals surface area (Å²) >= 11 is 0. The molecular formula is C17H22N5O10PS. The van der Waals surface area contributed by atoms with E-state index in [9.17, 15) is 22.9 Å². The fourth-order valence-electron chi connectivity index (χ4n) is 2.82. The van der Waals surface area contributed by atoms with E-state index in [2.05, 4.69) is 19.5 Å². The molecule has 15 nitrogen and oxygen atoms in total. The highest BCUT2D eigenvalue weighted by molar-refractivity contribution is 7.86. The number of phosphoric acid groups is 1. The van der Waals surface area contributed by atoms with Gasteiger partial charge in [-0.2, -0.15) is 13.4 Å². The Bertz CT molecular complexity index is 1350. The third-order valence-corrected chi connectivity index (χ3v) is 6.20. The van der Waals surface area contributed by atoms with Crippen molar-refractivity contribution in [3.63, 3.8) is 0 Å². The van der Waals surface area contributed by atoms with Gasteiger partial charge in [0, 0.05) is 0 Å². The summed E-state index contributed by atoms with van der Waals surface area (Å²) in [7, 11) is -9.21. The molecule has 0 fully saturated rings. The minimum Gasteiger partial charge on any atom is -0.392 e. The first-order valence-corrected chi connectivity index (χ1v) is 12.5. The minimum absolute atomic E-state index is 0.0526. The van der Waals surface area contributed by atoms with Crippen molar-refractivity contribution in [2.75, 3.05) is 25.6 Å². The van der Waals surface area contributed by atoms with Crippen LogP contribution >= 0.6 is 7.82 Å². The number of nitrogens with one attached hydrogen (secondary N) is 1. The number of ether oxygens (including phenoxy) is 1. The van der Waals surface area contributed by atoms with Gasteiger partial charge < -0.3 is 25.4 Å². The van der Waals surface area contributed by atoms with Crippen molar-refractivity contribution in [3.8, 4) is 0 Å². The number of nitrogens with zero attached hydrogens (tertiary/aromatic N) is 3. The first-order valence-electron chi connectivity index (χ1n) is 9.54. The van der Waals surface area contributed by atoms with Crippen LogP contribution < -0.4 is 11.3 Å². The van der Waals surface area contributed by atoms with Crippen LogP contribution in [0.15, 0.2) is 40.3 Å². The fourth-order valence-corrected chi connectivity index (χ4v) is 4.11. The van der Waals surface area contributed by atoms with Gasteiger partial charge in [-0.3, -0.25) is 23.1 Å². The lowest BCUT2D eigenvalue weighted by Gasteiger charge is -2.24. The molecule has 17 heteroatoms. The van der Waals surface area contributed by atoms with Crippen LogP contribution in [-0.4, -0.2) is 68.8 Å². The molecule has 0 radical (unpaired) electrons. The zero-order valence-corrected chi connectivity index (χ0v) is 19.3. The summed E-state index contributed by atoms with van der Waals surface area (Å²) in [5, 5.41) is 9.83. The Morgan fingerprint density at radius 2 is 1.91 bits per heavy atom. The second-order valence-corrected chi connectivity index (χ2v) is 9.86. The van der Waals surface area contributed by atoms with Crippen molar-refractivity contribution >= 4 is 35.1 Å². The molecule has 0 aliphatic carbocycles. The quantitative estimate of drug-likeness (QED) is 0.158. The number of phosphoric ester groups is 1. The molecule has 0 aliphatic heterocycles. The number of hydrogen-bond donors (Lipinski definition) is 5.